The Hall–Kier alpha value is -9.50. The first kappa shape index (κ1) is 43.9. The molecule has 2 nitrogen and oxygen atoms in total. The zero-order valence-electron chi connectivity index (χ0n) is 42.7. The minimum atomic E-state index is -0.423. The summed E-state index contributed by atoms with van der Waals surface area (Å²) in [5.41, 5.74) is 29.9. The van der Waals surface area contributed by atoms with Crippen LogP contribution in [-0.2, 0) is 10.8 Å². The van der Waals surface area contributed by atoms with E-state index in [9.17, 15) is 0 Å². The van der Waals surface area contributed by atoms with Gasteiger partial charge in [0.05, 0.1) is 10.8 Å². The van der Waals surface area contributed by atoms with E-state index in [2.05, 4.69) is 296 Å². The number of hydrogen-bond donors (Lipinski definition) is 0. The largest absolute Gasteiger partial charge is 0.310 e. The van der Waals surface area contributed by atoms with Crippen LogP contribution in [0.4, 0.5) is 34.1 Å². The highest BCUT2D eigenvalue weighted by Crippen LogP contribution is 2.65. The second-order valence-electron chi connectivity index (χ2n) is 21.6. The SMILES string of the molecule is CC1C=CC2=C(C1)c1ccccc1C21c2ccccc2-c2ccc(N(c3ccccc3)c3ccc(-c4ccc(N(c5ccccc5)c5ccc6c(c5)C5(c7ccccc7-c7ccccc75)c5ccccc5-6)cc4)cc3)cc21. The minimum Gasteiger partial charge on any atom is -0.310 e. The van der Waals surface area contributed by atoms with Crippen molar-refractivity contribution >= 4 is 39.7 Å². The molecular formula is C75H52N2. The van der Waals surface area contributed by atoms with E-state index in [1.807, 2.05) is 0 Å². The number of para-hydroxylation sites is 2. The molecule has 11 aromatic rings. The van der Waals surface area contributed by atoms with Gasteiger partial charge in [0.15, 0.2) is 0 Å². The first-order valence-electron chi connectivity index (χ1n) is 27.2. The van der Waals surface area contributed by atoms with Crippen molar-refractivity contribution in [3.63, 3.8) is 0 Å². The van der Waals surface area contributed by atoms with Crippen LogP contribution >= 0.6 is 0 Å². The maximum atomic E-state index is 2.50. The average molecular weight is 981 g/mol. The van der Waals surface area contributed by atoms with E-state index in [1.54, 1.807) is 0 Å². The quantitative estimate of drug-likeness (QED) is 0.157. The summed E-state index contributed by atoms with van der Waals surface area (Å²) in [7, 11) is 0. The number of fused-ring (bicyclic) bond motifs is 19. The van der Waals surface area contributed by atoms with Gasteiger partial charge in [-0.05, 0) is 185 Å². The van der Waals surface area contributed by atoms with Crippen molar-refractivity contribution in [3.8, 4) is 44.5 Å². The Bertz CT molecular complexity index is 4200. The normalized spacial score (nSPS) is 17.0. The van der Waals surface area contributed by atoms with Crippen LogP contribution in [0.25, 0.3) is 50.1 Å². The molecule has 0 aliphatic heterocycles. The Balaban J connectivity index is 0.777. The molecule has 0 bridgehead atoms. The third-order valence-electron chi connectivity index (χ3n) is 17.6. The molecule has 0 fully saturated rings. The third kappa shape index (κ3) is 6.13. The van der Waals surface area contributed by atoms with Crippen molar-refractivity contribution in [3.05, 3.63) is 329 Å². The molecule has 0 amide bonds. The Morgan fingerprint density at radius 1 is 0.299 bits per heavy atom. The molecule has 2 heteroatoms. The molecule has 2 spiro atoms. The van der Waals surface area contributed by atoms with Gasteiger partial charge in [0.25, 0.3) is 0 Å². The van der Waals surface area contributed by atoms with Gasteiger partial charge < -0.3 is 9.80 Å². The summed E-state index contributed by atoms with van der Waals surface area (Å²) in [6.45, 7) is 2.35. The van der Waals surface area contributed by atoms with Crippen LogP contribution in [0.15, 0.2) is 285 Å². The van der Waals surface area contributed by atoms with Gasteiger partial charge in [0.2, 0.25) is 0 Å². The van der Waals surface area contributed by atoms with Crippen LogP contribution in [0.5, 0.6) is 0 Å². The van der Waals surface area contributed by atoms with Crippen LogP contribution in [0.2, 0.25) is 0 Å². The molecule has 11 aromatic carbocycles. The molecule has 0 radical (unpaired) electrons. The highest BCUT2D eigenvalue weighted by Gasteiger charge is 2.54. The molecule has 0 N–H and O–H groups in total. The summed E-state index contributed by atoms with van der Waals surface area (Å²) < 4.78 is 0. The van der Waals surface area contributed by atoms with E-state index in [1.165, 1.54) is 94.6 Å². The lowest BCUT2D eigenvalue weighted by Crippen LogP contribution is -2.27. The predicted octanol–water partition coefficient (Wildman–Crippen LogP) is 19.3. The monoisotopic (exact) mass is 980 g/mol. The standard InChI is InChI=1S/C75H52N2/c1-49-32-45-71-65(46-49)62-26-12-17-31-70(62)75(71)69-30-16-11-25-61(69)64-44-42-57(48-73(64)75)77(53-20-6-3-7-21-53)55-39-35-51(36-40-55)50-33-37-54(38-34-50)76(52-18-4-2-5-19-52)56-41-43-63-60-24-10-15-29-68(60)74(72(63)47-56)66-27-13-8-22-58(66)59-23-9-14-28-67(59)74/h2-45,47-49H,46H2,1H3. The Labute approximate surface area is 450 Å². The van der Waals surface area contributed by atoms with E-state index in [-0.39, 0.29) is 5.41 Å². The van der Waals surface area contributed by atoms with Crippen molar-refractivity contribution in [2.75, 3.05) is 9.80 Å². The average Bonchev–Trinajstić information content (AvgIpc) is 3.59. The molecule has 0 heterocycles. The predicted molar refractivity (Wildman–Crippen MR) is 319 cm³/mol. The Morgan fingerprint density at radius 3 is 1.06 bits per heavy atom. The Morgan fingerprint density at radius 2 is 0.623 bits per heavy atom. The highest BCUT2D eigenvalue weighted by atomic mass is 15.1. The first-order valence-corrected chi connectivity index (χ1v) is 27.2. The molecule has 5 aliphatic rings. The van der Waals surface area contributed by atoms with Crippen LogP contribution < -0.4 is 9.80 Å². The van der Waals surface area contributed by atoms with Crippen molar-refractivity contribution in [2.45, 2.75) is 24.2 Å². The molecule has 77 heavy (non-hydrogen) atoms. The van der Waals surface area contributed by atoms with Gasteiger partial charge in [0, 0.05) is 34.1 Å². The fourth-order valence-corrected chi connectivity index (χ4v) is 14.5. The maximum absolute atomic E-state index is 2.50. The summed E-state index contributed by atoms with van der Waals surface area (Å²) in [5, 5.41) is 0. The van der Waals surface area contributed by atoms with Crippen molar-refractivity contribution in [1.29, 1.82) is 0 Å². The zero-order chi connectivity index (χ0) is 50.8. The smallest absolute Gasteiger partial charge is 0.0726 e. The van der Waals surface area contributed by atoms with Crippen LogP contribution in [0, 0.1) is 5.92 Å². The van der Waals surface area contributed by atoms with E-state index in [0.717, 1.165) is 46.1 Å². The lowest BCUT2D eigenvalue weighted by atomic mass is 9.68. The molecule has 16 rings (SSSR count). The summed E-state index contributed by atoms with van der Waals surface area (Å²) >= 11 is 0. The second-order valence-corrected chi connectivity index (χ2v) is 21.6. The lowest BCUT2D eigenvalue weighted by molar-refractivity contribution is 0.725. The van der Waals surface area contributed by atoms with E-state index in [0.29, 0.717) is 5.92 Å². The number of allylic oxidation sites excluding steroid dienone is 4. The number of nitrogens with zero attached hydrogens (tertiary/aromatic N) is 2. The number of benzene rings is 11. The van der Waals surface area contributed by atoms with E-state index >= 15 is 0 Å². The third-order valence-corrected chi connectivity index (χ3v) is 17.6. The number of rotatable bonds is 7. The number of hydrogen-bond acceptors (Lipinski definition) is 2. The van der Waals surface area contributed by atoms with Gasteiger partial charge >= 0.3 is 0 Å². The molecule has 0 saturated heterocycles. The summed E-state index contributed by atoms with van der Waals surface area (Å²) in [6, 6.07) is 99.8. The van der Waals surface area contributed by atoms with Crippen LogP contribution in [0.3, 0.4) is 0 Å². The van der Waals surface area contributed by atoms with E-state index in [4.69, 9.17) is 0 Å². The van der Waals surface area contributed by atoms with Gasteiger partial charge in [-0.1, -0.05) is 213 Å². The molecule has 0 saturated carbocycles. The molecular weight excluding hydrogens is 929 g/mol. The zero-order valence-corrected chi connectivity index (χ0v) is 42.7. The van der Waals surface area contributed by atoms with Gasteiger partial charge in [-0.15, -0.1) is 0 Å². The molecule has 2 unspecified atom stereocenters. The fourth-order valence-electron chi connectivity index (χ4n) is 14.5. The molecule has 2 atom stereocenters. The van der Waals surface area contributed by atoms with Gasteiger partial charge in [-0.3, -0.25) is 0 Å². The van der Waals surface area contributed by atoms with Crippen LogP contribution in [0.1, 0.15) is 57.9 Å². The van der Waals surface area contributed by atoms with Crippen molar-refractivity contribution in [2.24, 2.45) is 5.92 Å². The Kier molecular flexibility index (Phi) is 9.54. The van der Waals surface area contributed by atoms with Gasteiger partial charge in [-0.2, -0.15) is 0 Å². The van der Waals surface area contributed by atoms with E-state index < -0.39 is 5.41 Å². The van der Waals surface area contributed by atoms with Crippen molar-refractivity contribution in [1.82, 2.24) is 0 Å². The first-order chi connectivity index (χ1) is 38.1. The van der Waals surface area contributed by atoms with Crippen LogP contribution in [-0.4, -0.2) is 0 Å². The fraction of sp³-hybridized carbons (Fsp3) is 0.0667. The summed E-state index contributed by atoms with van der Waals surface area (Å²) in [5.74, 6) is 0.496. The maximum Gasteiger partial charge on any atom is 0.0726 e. The summed E-state index contributed by atoms with van der Waals surface area (Å²) in [6.07, 6.45) is 5.93. The van der Waals surface area contributed by atoms with Gasteiger partial charge in [0.1, 0.15) is 0 Å². The van der Waals surface area contributed by atoms with Gasteiger partial charge in [-0.25, -0.2) is 0 Å². The topological polar surface area (TPSA) is 6.48 Å². The van der Waals surface area contributed by atoms with Crippen molar-refractivity contribution < 1.29 is 0 Å². The molecule has 5 aliphatic carbocycles. The number of anilines is 6. The second kappa shape index (κ2) is 16.8. The highest BCUT2D eigenvalue weighted by molar-refractivity contribution is 5.99. The lowest BCUT2D eigenvalue weighted by Gasteiger charge is -2.34. The molecule has 362 valence electrons. The summed E-state index contributed by atoms with van der Waals surface area (Å²) in [4.78, 5) is 4.85. The molecule has 0 aromatic heterocycles. The minimum absolute atomic E-state index is 0.387.